The molecule has 0 bridgehead atoms. The van der Waals surface area contributed by atoms with Gasteiger partial charge in [0, 0.05) is 5.38 Å². The topological polar surface area (TPSA) is 47.0 Å². The van der Waals surface area contributed by atoms with Gasteiger partial charge in [-0.25, -0.2) is 0 Å². The first-order chi connectivity index (χ1) is 6.08. The molecule has 0 spiro atoms. The molecule has 0 unspecified atom stereocenters. The summed E-state index contributed by atoms with van der Waals surface area (Å²) in [7, 11) is 0. The second kappa shape index (κ2) is 4.49. The first kappa shape index (κ1) is 10.4. The lowest BCUT2D eigenvalue weighted by Gasteiger charge is -2.06. The molecule has 1 heterocycles. The van der Waals surface area contributed by atoms with Crippen molar-refractivity contribution in [3.63, 3.8) is 0 Å². The fraction of sp³-hybridized carbons (Fsp3) is 0.600. The normalized spacial score (nSPS) is 11.9. The zero-order valence-corrected chi connectivity index (χ0v) is 7.15. The first-order valence-corrected chi connectivity index (χ1v) is 4.09. The molecule has 0 radical (unpaired) electrons. The van der Waals surface area contributed by atoms with Crippen molar-refractivity contribution >= 4 is 11.5 Å². The highest BCUT2D eigenvalue weighted by Crippen LogP contribution is 2.13. The molecule has 8 heteroatoms. The third-order valence-electron chi connectivity index (χ3n) is 0.996. The summed E-state index contributed by atoms with van der Waals surface area (Å²) in [6, 6.07) is 0. The van der Waals surface area contributed by atoms with Crippen LogP contribution in [-0.2, 0) is 11.4 Å². The SMILES string of the molecule is FC(F)(F)CONCc1csnn1. The summed E-state index contributed by atoms with van der Waals surface area (Å²) in [4.78, 5) is 4.13. The van der Waals surface area contributed by atoms with Gasteiger partial charge < -0.3 is 0 Å². The minimum absolute atomic E-state index is 0.118. The Morgan fingerprint density at radius 2 is 2.31 bits per heavy atom. The molecule has 0 aliphatic heterocycles. The van der Waals surface area contributed by atoms with Gasteiger partial charge in [0.1, 0.15) is 0 Å². The van der Waals surface area contributed by atoms with Crippen LogP contribution in [0.2, 0.25) is 0 Å². The maximum absolute atomic E-state index is 11.5. The van der Waals surface area contributed by atoms with Crippen LogP contribution in [0.3, 0.4) is 0 Å². The van der Waals surface area contributed by atoms with Crippen LogP contribution in [0, 0.1) is 0 Å². The van der Waals surface area contributed by atoms with E-state index in [2.05, 4.69) is 19.9 Å². The summed E-state index contributed by atoms with van der Waals surface area (Å²) in [6.07, 6.45) is -4.31. The van der Waals surface area contributed by atoms with Gasteiger partial charge in [-0.15, -0.1) is 5.10 Å². The Kier molecular flexibility index (Phi) is 3.58. The van der Waals surface area contributed by atoms with Crippen molar-refractivity contribution in [1.82, 2.24) is 15.1 Å². The van der Waals surface area contributed by atoms with Crippen molar-refractivity contribution < 1.29 is 18.0 Å². The molecule has 0 aromatic carbocycles. The van der Waals surface area contributed by atoms with E-state index in [0.717, 1.165) is 11.5 Å². The fourth-order valence-corrected chi connectivity index (χ4v) is 0.970. The van der Waals surface area contributed by atoms with Crippen LogP contribution in [0.4, 0.5) is 13.2 Å². The van der Waals surface area contributed by atoms with Crippen LogP contribution in [0.25, 0.3) is 0 Å². The Balaban J connectivity index is 2.09. The van der Waals surface area contributed by atoms with Crippen molar-refractivity contribution in [2.24, 2.45) is 0 Å². The van der Waals surface area contributed by atoms with Gasteiger partial charge in [0.15, 0.2) is 6.61 Å². The number of nitrogens with zero attached hydrogens (tertiary/aromatic N) is 2. The molecule has 0 atom stereocenters. The number of halogens is 3. The van der Waals surface area contributed by atoms with E-state index in [1.807, 2.05) is 0 Å². The minimum atomic E-state index is -4.31. The fourth-order valence-electron chi connectivity index (χ4n) is 0.519. The molecule has 0 aliphatic rings. The summed E-state index contributed by atoms with van der Waals surface area (Å²) in [6.45, 7) is -1.20. The molecule has 0 aliphatic carbocycles. The molecule has 1 N–H and O–H groups in total. The highest BCUT2D eigenvalue weighted by molar-refractivity contribution is 7.03. The molecule has 13 heavy (non-hydrogen) atoms. The van der Waals surface area contributed by atoms with E-state index in [9.17, 15) is 13.2 Å². The molecular weight excluding hydrogens is 207 g/mol. The van der Waals surface area contributed by atoms with Crippen LogP contribution >= 0.6 is 11.5 Å². The van der Waals surface area contributed by atoms with Crippen LogP contribution in [0.5, 0.6) is 0 Å². The van der Waals surface area contributed by atoms with E-state index in [4.69, 9.17) is 0 Å². The summed E-state index contributed by atoms with van der Waals surface area (Å²) in [5.74, 6) is 0. The Labute approximate surface area is 75.8 Å². The van der Waals surface area contributed by atoms with Gasteiger partial charge >= 0.3 is 6.18 Å². The second-order valence-electron chi connectivity index (χ2n) is 2.12. The Morgan fingerprint density at radius 1 is 1.54 bits per heavy atom. The highest BCUT2D eigenvalue weighted by atomic mass is 32.1. The van der Waals surface area contributed by atoms with Crippen LogP contribution in [0.15, 0.2) is 5.38 Å². The van der Waals surface area contributed by atoms with E-state index in [1.165, 1.54) is 0 Å². The minimum Gasteiger partial charge on any atom is -0.292 e. The van der Waals surface area contributed by atoms with E-state index in [0.29, 0.717) is 5.69 Å². The molecule has 1 aromatic rings. The number of hydrogen-bond acceptors (Lipinski definition) is 5. The predicted octanol–water partition coefficient (Wildman–Crippen LogP) is 1.12. The number of alkyl halides is 3. The molecule has 0 saturated carbocycles. The van der Waals surface area contributed by atoms with Gasteiger partial charge in [0.2, 0.25) is 0 Å². The largest absolute Gasteiger partial charge is 0.413 e. The Morgan fingerprint density at radius 3 is 2.85 bits per heavy atom. The van der Waals surface area contributed by atoms with E-state index < -0.39 is 12.8 Å². The molecule has 1 aromatic heterocycles. The quantitative estimate of drug-likeness (QED) is 0.601. The zero-order chi connectivity index (χ0) is 9.73. The predicted molar refractivity (Wildman–Crippen MR) is 38.8 cm³/mol. The smallest absolute Gasteiger partial charge is 0.292 e. The lowest BCUT2D eigenvalue weighted by atomic mass is 10.5. The molecule has 74 valence electrons. The van der Waals surface area contributed by atoms with Crippen molar-refractivity contribution in [2.45, 2.75) is 12.7 Å². The highest BCUT2D eigenvalue weighted by Gasteiger charge is 2.27. The van der Waals surface area contributed by atoms with E-state index in [-0.39, 0.29) is 6.54 Å². The molecular formula is C5H6F3N3OS. The third kappa shape index (κ3) is 4.76. The van der Waals surface area contributed by atoms with E-state index >= 15 is 0 Å². The summed E-state index contributed by atoms with van der Waals surface area (Å²) in [5.41, 5.74) is 2.68. The second-order valence-corrected chi connectivity index (χ2v) is 2.73. The third-order valence-corrected chi connectivity index (χ3v) is 1.55. The van der Waals surface area contributed by atoms with Gasteiger partial charge in [0.25, 0.3) is 0 Å². The molecule has 0 fully saturated rings. The lowest BCUT2D eigenvalue weighted by Crippen LogP contribution is -2.24. The number of nitrogens with one attached hydrogen (secondary N) is 1. The molecule has 4 nitrogen and oxygen atoms in total. The van der Waals surface area contributed by atoms with Crippen LogP contribution in [0.1, 0.15) is 5.69 Å². The molecule has 0 saturated heterocycles. The van der Waals surface area contributed by atoms with Gasteiger partial charge in [-0.1, -0.05) is 4.49 Å². The monoisotopic (exact) mass is 213 g/mol. The van der Waals surface area contributed by atoms with Gasteiger partial charge in [0.05, 0.1) is 12.2 Å². The summed E-state index contributed by atoms with van der Waals surface area (Å²) < 4.78 is 38.1. The van der Waals surface area contributed by atoms with Crippen molar-refractivity contribution in [1.29, 1.82) is 0 Å². The summed E-state index contributed by atoms with van der Waals surface area (Å²) in [5, 5.41) is 5.21. The molecule has 0 amide bonds. The number of hydrogen-bond donors (Lipinski definition) is 1. The molecule has 1 rings (SSSR count). The van der Waals surface area contributed by atoms with Crippen LogP contribution < -0.4 is 5.48 Å². The maximum Gasteiger partial charge on any atom is 0.413 e. The zero-order valence-electron chi connectivity index (χ0n) is 6.34. The Bertz CT molecular complexity index is 238. The number of rotatable bonds is 4. The maximum atomic E-state index is 11.5. The van der Waals surface area contributed by atoms with Gasteiger partial charge in [-0.2, -0.15) is 18.7 Å². The lowest BCUT2D eigenvalue weighted by molar-refractivity contribution is -0.190. The summed E-state index contributed by atoms with van der Waals surface area (Å²) >= 11 is 1.12. The number of hydroxylamine groups is 1. The van der Waals surface area contributed by atoms with Crippen LogP contribution in [-0.4, -0.2) is 22.4 Å². The Hall–Kier alpha value is -0.730. The average Bonchev–Trinajstić information content (AvgIpc) is 2.48. The van der Waals surface area contributed by atoms with Crippen molar-refractivity contribution in [3.8, 4) is 0 Å². The first-order valence-electron chi connectivity index (χ1n) is 3.25. The van der Waals surface area contributed by atoms with Gasteiger partial charge in [-0.05, 0) is 11.5 Å². The van der Waals surface area contributed by atoms with Gasteiger partial charge in [-0.3, -0.25) is 4.84 Å². The van der Waals surface area contributed by atoms with E-state index in [1.54, 1.807) is 5.38 Å². The van der Waals surface area contributed by atoms with Crippen molar-refractivity contribution in [2.75, 3.05) is 6.61 Å². The number of aromatic nitrogens is 2. The average molecular weight is 213 g/mol. The standard InChI is InChI=1S/C5H6F3N3OS/c6-5(7,8)3-12-9-1-4-2-13-11-10-4/h2,9H,1,3H2. The van der Waals surface area contributed by atoms with Crippen molar-refractivity contribution in [3.05, 3.63) is 11.1 Å².